The highest BCUT2D eigenvalue weighted by Gasteiger charge is 2.40. The van der Waals surface area contributed by atoms with Gasteiger partial charge in [-0.2, -0.15) is 0 Å². The first kappa shape index (κ1) is 13.1. The second-order valence-corrected chi connectivity index (χ2v) is 5.69. The highest BCUT2D eigenvalue weighted by molar-refractivity contribution is 5.74. The summed E-state index contributed by atoms with van der Waals surface area (Å²) in [6.45, 7) is 4.93. The first-order valence-corrected chi connectivity index (χ1v) is 7.15. The summed E-state index contributed by atoms with van der Waals surface area (Å²) >= 11 is 0. The number of aliphatic carboxylic acids is 1. The number of fused-ring (bicyclic) bond motifs is 1. The lowest BCUT2D eigenvalue weighted by Crippen LogP contribution is -2.20. The number of carboxylic acids is 1. The molecule has 106 valence electrons. The van der Waals surface area contributed by atoms with Crippen molar-refractivity contribution in [3.05, 3.63) is 24.2 Å². The smallest absolute Gasteiger partial charge is 0.307 e. The van der Waals surface area contributed by atoms with Crippen LogP contribution in [0.5, 0.6) is 0 Å². The molecule has 1 aliphatic carbocycles. The van der Waals surface area contributed by atoms with Gasteiger partial charge in [0.2, 0.25) is 0 Å². The van der Waals surface area contributed by atoms with Gasteiger partial charge in [0.05, 0.1) is 5.92 Å². The Balaban J connectivity index is 2.11. The molecule has 2 aromatic rings. The summed E-state index contributed by atoms with van der Waals surface area (Å²) < 4.78 is 2.06. The van der Waals surface area contributed by atoms with Crippen LogP contribution in [0.3, 0.4) is 0 Å². The highest BCUT2D eigenvalue weighted by Crippen LogP contribution is 2.43. The number of carbonyl (C=O) groups is 1. The summed E-state index contributed by atoms with van der Waals surface area (Å²) in [6, 6.07) is 3.80. The van der Waals surface area contributed by atoms with E-state index >= 15 is 0 Å². The number of rotatable bonds is 3. The normalized spacial score (nSPS) is 26.2. The molecule has 1 N–H and O–H groups in total. The molecule has 3 atom stereocenters. The Bertz CT molecular complexity index is 650. The molecule has 0 bridgehead atoms. The predicted molar refractivity (Wildman–Crippen MR) is 75.5 cm³/mol. The van der Waals surface area contributed by atoms with Crippen LogP contribution in [0.25, 0.3) is 11.2 Å². The summed E-state index contributed by atoms with van der Waals surface area (Å²) in [5.41, 5.74) is 1.71. The molecule has 1 aliphatic rings. The number of pyridine rings is 1. The topological polar surface area (TPSA) is 68.0 Å². The average molecular weight is 273 g/mol. The molecule has 1 fully saturated rings. The number of carboxylic acid groups (broad SMARTS) is 1. The van der Waals surface area contributed by atoms with Crippen LogP contribution < -0.4 is 0 Å². The van der Waals surface area contributed by atoms with Crippen molar-refractivity contribution < 1.29 is 9.90 Å². The van der Waals surface area contributed by atoms with Crippen molar-refractivity contribution in [1.82, 2.24) is 14.5 Å². The van der Waals surface area contributed by atoms with E-state index in [0.29, 0.717) is 5.92 Å². The van der Waals surface area contributed by atoms with E-state index in [1.165, 1.54) is 0 Å². The zero-order valence-electron chi connectivity index (χ0n) is 11.8. The Morgan fingerprint density at radius 2 is 2.30 bits per heavy atom. The van der Waals surface area contributed by atoms with E-state index < -0.39 is 5.97 Å². The molecule has 0 aromatic carbocycles. The summed E-state index contributed by atoms with van der Waals surface area (Å²) in [7, 11) is 0. The minimum atomic E-state index is -0.706. The van der Waals surface area contributed by atoms with E-state index in [9.17, 15) is 9.90 Å². The van der Waals surface area contributed by atoms with Gasteiger partial charge in [-0.1, -0.05) is 6.92 Å². The molecule has 0 radical (unpaired) electrons. The van der Waals surface area contributed by atoms with Crippen LogP contribution in [-0.2, 0) is 11.3 Å². The summed E-state index contributed by atoms with van der Waals surface area (Å²) in [4.78, 5) is 20.5. The van der Waals surface area contributed by atoms with Crippen LogP contribution >= 0.6 is 0 Å². The molecule has 3 unspecified atom stereocenters. The first-order chi connectivity index (χ1) is 9.61. The molecular formula is C15H19N3O2. The van der Waals surface area contributed by atoms with Gasteiger partial charge in [-0.15, -0.1) is 0 Å². The predicted octanol–water partition coefficient (Wildman–Crippen LogP) is 2.67. The fourth-order valence-electron chi connectivity index (χ4n) is 3.42. The zero-order valence-corrected chi connectivity index (χ0v) is 11.8. The molecule has 20 heavy (non-hydrogen) atoms. The molecule has 0 amide bonds. The van der Waals surface area contributed by atoms with Crippen molar-refractivity contribution in [2.45, 2.75) is 39.2 Å². The molecular weight excluding hydrogens is 254 g/mol. The maximum Gasteiger partial charge on any atom is 0.307 e. The standard InChI is InChI=1S/C15H19N3O2/c1-3-18-13(17-12-5-4-6-16-14(12)18)10-7-9(2)8-11(10)15(19)20/h4-6,9-11H,3,7-8H2,1-2H3,(H,19,20). The third kappa shape index (κ3) is 1.97. The van der Waals surface area contributed by atoms with Crippen molar-refractivity contribution in [2.24, 2.45) is 11.8 Å². The van der Waals surface area contributed by atoms with E-state index in [2.05, 4.69) is 21.5 Å². The number of hydrogen-bond donors (Lipinski definition) is 1. The number of aromatic nitrogens is 3. The van der Waals surface area contributed by atoms with Crippen LogP contribution in [0.15, 0.2) is 18.3 Å². The van der Waals surface area contributed by atoms with Gasteiger partial charge in [-0.05, 0) is 37.8 Å². The van der Waals surface area contributed by atoms with Gasteiger partial charge < -0.3 is 9.67 Å². The maximum absolute atomic E-state index is 11.5. The van der Waals surface area contributed by atoms with Gasteiger partial charge in [0, 0.05) is 18.7 Å². The monoisotopic (exact) mass is 273 g/mol. The summed E-state index contributed by atoms with van der Waals surface area (Å²) in [5.74, 6) is 0.280. The Labute approximate surface area is 117 Å². The first-order valence-electron chi connectivity index (χ1n) is 7.15. The van der Waals surface area contributed by atoms with Crippen LogP contribution in [0.1, 0.15) is 38.4 Å². The third-order valence-electron chi connectivity index (χ3n) is 4.30. The lowest BCUT2D eigenvalue weighted by Gasteiger charge is -2.16. The van der Waals surface area contributed by atoms with E-state index in [4.69, 9.17) is 0 Å². The maximum atomic E-state index is 11.5. The molecule has 0 spiro atoms. The quantitative estimate of drug-likeness (QED) is 0.933. The second kappa shape index (κ2) is 4.89. The lowest BCUT2D eigenvalue weighted by molar-refractivity contribution is -0.142. The lowest BCUT2D eigenvalue weighted by atomic mass is 9.95. The molecule has 2 heterocycles. The molecule has 5 heteroatoms. The van der Waals surface area contributed by atoms with Gasteiger partial charge >= 0.3 is 5.97 Å². The minimum Gasteiger partial charge on any atom is -0.481 e. The van der Waals surface area contributed by atoms with Gasteiger partial charge in [0.1, 0.15) is 11.3 Å². The van der Waals surface area contributed by atoms with E-state index in [1.54, 1.807) is 6.20 Å². The molecule has 0 saturated heterocycles. The van der Waals surface area contributed by atoms with Crippen molar-refractivity contribution in [3.63, 3.8) is 0 Å². The van der Waals surface area contributed by atoms with Crippen molar-refractivity contribution >= 4 is 17.1 Å². The number of aryl methyl sites for hydroxylation is 1. The fraction of sp³-hybridized carbons (Fsp3) is 0.533. The van der Waals surface area contributed by atoms with Gasteiger partial charge in [-0.25, -0.2) is 9.97 Å². The summed E-state index contributed by atoms with van der Waals surface area (Å²) in [6.07, 6.45) is 3.38. The Hall–Kier alpha value is -1.91. The number of hydrogen-bond acceptors (Lipinski definition) is 3. The van der Waals surface area contributed by atoms with E-state index in [1.807, 2.05) is 19.1 Å². The van der Waals surface area contributed by atoms with Gasteiger partial charge in [0.25, 0.3) is 0 Å². The van der Waals surface area contributed by atoms with Crippen LogP contribution in [0.2, 0.25) is 0 Å². The Morgan fingerprint density at radius 3 is 3.00 bits per heavy atom. The van der Waals surface area contributed by atoms with Crippen LogP contribution in [0.4, 0.5) is 0 Å². The highest BCUT2D eigenvalue weighted by atomic mass is 16.4. The SMILES string of the molecule is CCn1c(C2CC(C)CC2C(=O)O)nc2cccnc21. The Morgan fingerprint density at radius 1 is 1.50 bits per heavy atom. The van der Waals surface area contributed by atoms with E-state index in [0.717, 1.165) is 36.4 Å². The number of nitrogens with zero attached hydrogens (tertiary/aromatic N) is 3. The van der Waals surface area contributed by atoms with Gasteiger partial charge in [-0.3, -0.25) is 4.79 Å². The van der Waals surface area contributed by atoms with Gasteiger partial charge in [0.15, 0.2) is 5.65 Å². The zero-order chi connectivity index (χ0) is 14.3. The number of imidazole rings is 1. The van der Waals surface area contributed by atoms with Crippen molar-refractivity contribution in [2.75, 3.05) is 0 Å². The molecule has 5 nitrogen and oxygen atoms in total. The second-order valence-electron chi connectivity index (χ2n) is 5.69. The van der Waals surface area contributed by atoms with Crippen LogP contribution in [0, 0.1) is 11.8 Å². The fourth-order valence-corrected chi connectivity index (χ4v) is 3.42. The average Bonchev–Trinajstić information content (AvgIpc) is 2.98. The van der Waals surface area contributed by atoms with Crippen LogP contribution in [-0.4, -0.2) is 25.6 Å². The summed E-state index contributed by atoms with van der Waals surface area (Å²) in [5, 5.41) is 9.45. The van der Waals surface area contributed by atoms with E-state index in [-0.39, 0.29) is 11.8 Å². The molecule has 2 aromatic heterocycles. The largest absolute Gasteiger partial charge is 0.481 e. The van der Waals surface area contributed by atoms with Crippen molar-refractivity contribution in [3.8, 4) is 0 Å². The Kier molecular flexibility index (Phi) is 3.20. The third-order valence-corrected chi connectivity index (χ3v) is 4.30. The van der Waals surface area contributed by atoms with Crippen molar-refractivity contribution in [1.29, 1.82) is 0 Å². The molecule has 1 saturated carbocycles. The molecule has 0 aliphatic heterocycles. The minimum absolute atomic E-state index is 0.00310. The molecule has 3 rings (SSSR count).